The van der Waals surface area contributed by atoms with Crippen LogP contribution in [0.15, 0.2) is 17.0 Å². The number of nitrogen functional groups attached to an aromatic ring is 1. The zero-order valence-electron chi connectivity index (χ0n) is 11.5. The van der Waals surface area contributed by atoms with E-state index in [1.54, 1.807) is 0 Å². The van der Waals surface area contributed by atoms with E-state index in [1.807, 2.05) is 13.8 Å². The molecule has 0 heterocycles. The van der Waals surface area contributed by atoms with E-state index >= 15 is 0 Å². The molecule has 0 unspecified atom stereocenters. The van der Waals surface area contributed by atoms with Crippen LogP contribution >= 0.6 is 11.6 Å². The van der Waals surface area contributed by atoms with Gasteiger partial charge in [0.1, 0.15) is 10.7 Å². The van der Waals surface area contributed by atoms with Crippen molar-refractivity contribution in [3.05, 3.63) is 23.0 Å². The van der Waals surface area contributed by atoms with Crippen LogP contribution in [0.2, 0.25) is 5.02 Å². The first-order chi connectivity index (χ1) is 9.31. The number of hydrogen-bond acceptors (Lipinski definition) is 4. The molecule has 0 amide bonds. The van der Waals surface area contributed by atoms with Gasteiger partial charge in [-0.2, -0.15) is 0 Å². The molecule has 1 aromatic carbocycles. The Balaban J connectivity index is 2.82. The normalized spacial score (nSPS) is 12.1. The summed E-state index contributed by atoms with van der Waals surface area (Å²) in [6.45, 7) is 6.49. The number of hydrogen-bond donors (Lipinski definition) is 2. The van der Waals surface area contributed by atoms with Crippen LogP contribution in [0.25, 0.3) is 0 Å². The predicted octanol–water partition coefficient (Wildman–Crippen LogP) is 1.68. The Kier molecular flexibility index (Phi) is 6.19. The zero-order chi connectivity index (χ0) is 15.3. The van der Waals surface area contributed by atoms with Crippen molar-refractivity contribution in [1.29, 1.82) is 0 Å². The summed E-state index contributed by atoms with van der Waals surface area (Å²) in [6, 6.07) is 1.92. The molecule has 0 spiro atoms. The molecule has 20 heavy (non-hydrogen) atoms. The summed E-state index contributed by atoms with van der Waals surface area (Å²) in [5, 5.41) is -0.188. The van der Waals surface area contributed by atoms with Gasteiger partial charge in [0.2, 0.25) is 10.0 Å². The third-order valence-electron chi connectivity index (χ3n) is 2.96. The Hall–Kier alpha value is -0.890. The van der Waals surface area contributed by atoms with E-state index < -0.39 is 15.8 Å². The van der Waals surface area contributed by atoms with Gasteiger partial charge in [-0.15, -0.1) is 0 Å². The van der Waals surface area contributed by atoms with Gasteiger partial charge >= 0.3 is 0 Å². The molecule has 3 N–H and O–H groups in total. The van der Waals surface area contributed by atoms with Crippen molar-refractivity contribution in [1.82, 2.24) is 9.62 Å². The van der Waals surface area contributed by atoms with Crippen LogP contribution in [-0.2, 0) is 10.0 Å². The Bertz CT molecular complexity index is 562. The fourth-order valence-corrected chi connectivity index (χ4v) is 3.27. The number of sulfonamides is 1. The first-order valence-corrected chi connectivity index (χ1v) is 8.14. The second-order valence-corrected chi connectivity index (χ2v) is 6.37. The molecular formula is C12H19ClFN3O2S. The zero-order valence-corrected chi connectivity index (χ0v) is 13.1. The maximum absolute atomic E-state index is 13.2. The molecule has 0 aromatic heterocycles. The molecule has 0 aliphatic heterocycles. The second-order valence-electron chi connectivity index (χ2n) is 4.23. The van der Waals surface area contributed by atoms with E-state index in [1.165, 1.54) is 0 Å². The van der Waals surface area contributed by atoms with E-state index in [-0.39, 0.29) is 22.2 Å². The molecule has 0 aliphatic carbocycles. The summed E-state index contributed by atoms with van der Waals surface area (Å²) in [5.74, 6) is -0.739. The minimum Gasteiger partial charge on any atom is -0.396 e. The highest BCUT2D eigenvalue weighted by Gasteiger charge is 2.19. The minimum absolute atomic E-state index is 0.188. The van der Waals surface area contributed by atoms with Gasteiger partial charge in [0, 0.05) is 13.1 Å². The first-order valence-electron chi connectivity index (χ1n) is 6.28. The van der Waals surface area contributed by atoms with Crippen molar-refractivity contribution in [3.63, 3.8) is 0 Å². The molecule has 5 nitrogen and oxygen atoms in total. The van der Waals surface area contributed by atoms with Gasteiger partial charge in [-0.25, -0.2) is 17.5 Å². The van der Waals surface area contributed by atoms with Gasteiger partial charge in [-0.3, -0.25) is 0 Å². The van der Waals surface area contributed by atoms with Gasteiger partial charge in [0.25, 0.3) is 0 Å². The molecule has 0 fully saturated rings. The average Bonchev–Trinajstić information content (AvgIpc) is 2.38. The van der Waals surface area contributed by atoms with Crippen LogP contribution in [-0.4, -0.2) is 39.5 Å². The Morgan fingerprint density at radius 3 is 2.50 bits per heavy atom. The van der Waals surface area contributed by atoms with Gasteiger partial charge in [-0.05, 0) is 25.2 Å². The maximum Gasteiger partial charge on any atom is 0.242 e. The predicted molar refractivity (Wildman–Crippen MR) is 78.8 cm³/mol. The summed E-state index contributed by atoms with van der Waals surface area (Å²) < 4.78 is 39.8. The SMILES string of the molecule is CCN(CC)CCNS(=O)(=O)c1cc(N)c(F)cc1Cl. The van der Waals surface area contributed by atoms with Crippen LogP contribution in [0, 0.1) is 5.82 Å². The molecule has 1 aromatic rings. The van der Waals surface area contributed by atoms with Crippen LogP contribution in [0.3, 0.4) is 0 Å². The monoisotopic (exact) mass is 323 g/mol. The smallest absolute Gasteiger partial charge is 0.242 e. The third-order valence-corrected chi connectivity index (χ3v) is 4.88. The number of halogens is 2. The standard InChI is InChI=1S/C12H19ClFN3O2S/c1-3-17(4-2)6-5-16-20(18,19)12-8-11(15)10(14)7-9(12)13/h7-8,16H,3-6,15H2,1-2H3. The maximum atomic E-state index is 13.2. The lowest BCUT2D eigenvalue weighted by atomic mass is 10.3. The average molecular weight is 324 g/mol. The molecule has 0 saturated heterocycles. The number of nitrogens with zero attached hydrogens (tertiary/aromatic N) is 1. The van der Waals surface area contributed by atoms with Gasteiger partial charge in [-0.1, -0.05) is 25.4 Å². The summed E-state index contributed by atoms with van der Waals surface area (Å²) in [7, 11) is -3.80. The minimum atomic E-state index is -3.80. The second kappa shape index (κ2) is 7.21. The molecule has 8 heteroatoms. The summed E-state index contributed by atoms with van der Waals surface area (Å²) >= 11 is 5.76. The summed E-state index contributed by atoms with van der Waals surface area (Å²) in [6.07, 6.45) is 0. The van der Waals surface area contributed by atoms with Crippen molar-refractivity contribution in [2.45, 2.75) is 18.7 Å². The van der Waals surface area contributed by atoms with Crippen LogP contribution in [0.1, 0.15) is 13.8 Å². The highest BCUT2D eigenvalue weighted by Crippen LogP contribution is 2.25. The fourth-order valence-electron chi connectivity index (χ4n) is 1.71. The fraction of sp³-hybridized carbons (Fsp3) is 0.500. The van der Waals surface area contributed by atoms with E-state index in [4.69, 9.17) is 17.3 Å². The number of rotatable bonds is 7. The van der Waals surface area contributed by atoms with Crippen molar-refractivity contribution >= 4 is 27.3 Å². The first kappa shape index (κ1) is 17.2. The molecule has 0 saturated carbocycles. The van der Waals surface area contributed by atoms with Gasteiger partial charge < -0.3 is 10.6 Å². The Morgan fingerprint density at radius 1 is 1.35 bits per heavy atom. The van der Waals surface area contributed by atoms with Crippen LogP contribution in [0.5, 0.6) is 0 Å². The summed E-state index contributed by atoms with van der Waals surface area (Å²) in [5.41, 5.74) is 5.12. The molecule has 0 bridgehead atoms. The van der Waals surface area contributed by atoms with E-state index in [9.17, 15) is 12.8 Å². The van der Waals surface area contributed by atoms with Crippen molar-refractivity contribution in [2.75, 3.05) is 31.9 Å². The van der Waals surface area contributed by atoms with Crippen molar-refractivity contribution in [3.8, 4) is 0 Å². The van der Waals surface area contributed by atoms with Crippen LogP contribution in [0.4, 0.5) is 10.1 Å². The van der Waals surface area contributed by atoms with Gasteiger partial charge in [0.15, 0.2) is 0 Å². The Labute approximate surface area is 124 Å². The molecule has 0 atom stereocenters. The van der Waals surface area contributed by atoms with Crippen LogP contribution < -0.4 is 10.5 Å². The lowest BCUT2D eigenvalue weighted by Crippen LogP contribution is -2.34. The molecular weight excluding hydrogens is 305 g/mol. The highest BCUT2D eigenvalue weighted by atomic mass is 35.5. The van der Waals surface area contributed by atoms with Crippen molar-refractivity contribution in [2.24, 2.45) is 0 Å². The number of nitrogens with two attached hydrogens (primary N) is 1. The number of anilines is 1. The lowest BCUT2D eigenvalue weighted by Gasteiger charge is -2.18. The van der Waals surface area contributed by atoms with E-state index in [2.05, 4.69) is 9.62 Å². The molecule has 0 aliphatic rings. The number of likely N-dealkylation sites (N-methyl/N-ethyl adjacent to an activating group) is 1. The largest absolute Gasteiger partial charge is 0.396 e. The quantitative estimate of drug-likeness (QED) is 0.749. The Morgan fingerprint density at radius 2 is 1.95 bits per heavy atom. The molecule has 1 rings (SSSR count). The highest BCUT2D eigenvalue weighted by molar-refractivity contribution is 7.89. The molecule has 114 valence electrons. The van der Waals surface area contributed by atoms with E-state index in [0.717, 1.165) is 25.2 Å². The number of nitrogens with one attached hydrogen (secondary N) is 1. The number of benzene rings is 1. The summed E-state index contributed by atoms with van der Waals surface area (Å²) in [4.78, 5) is 1.86. The van der Waals surface area contributed by atoms with Gasteiger partial charge in [0.05, 0.1) is 10.7 Å². The van der Waals surface area contributed by atoms with Crippen molar-refractivity contribution < 1.29 is 12.8 Å². The topological polar surface area (TPSA) is 75.4 Å². The lowest BCUT2D eigenvalue weighted by molar-refractivity contribution is 0.309. The van der Waals surface area contributed by atoms with E-state index in [0.29, 0.717) is 6.54 Å². The third kappa shape index (κ3) is 4.31. The molecule has 0 radical (unpaired) electrons.